The van der Waals surface area contributed by atoms with Crippen LogP contribution in [0, 0.1) is 6.92 Å². The Balaban J connectivity index is 2.17. The van der Waals surface area contributed by atoms with Crippen LogP contribution in [-0.4, -0.2) is 26.0 Å². The molecular weight excluding hydrogens is 244 g/mol. The van der Waals surface area contributed by atoms with Crippen LogP contribution < -0.4 is 0 Å². The third kappa shape index (κ3) is 1.97. The van der Waals surface area contributed by atoms with Crippen LogP contribution in [0.3, 0.4) is 0 Å². The molecule has 0 bridgehead atoms. The molecule has 1 aromatic carbocycles. The average molecular weight is 258 g/mol. The standard InChI is InChI=1S/C14H14N2O3/c1-8-6-10(17)4-5-12(8)16-13(9-2-3-9)11(7-15-16)14(18)19/h4-7,9,17H,2-3H2,1H3,(H,18,19). The molecule has 0 aliphatic heterocycles. The molecule has 1 aliphatic carbocycles. The van der Waals surface area contributed by atoms with E-state index in [1.54, 1.807) is 22.9 Å². The van der Waals surface area contributed by atoms with Crippen molar-refractivity contribution in [1.82, 2.24) is 9.78 Å². The van der Waals surface area contributed by atoms with Gasteiger partial charge in [-0.05, 0) is 43.5 Å². The zero-order chi connectivity index (χ0) is 13.6. The van der Waals surface area contributed by atoms with E-state index in [0.29, 0.717) is 0 Å². The quantitative estimate of drug-likeness (QED) is 0.886. The minimum atomic E-state index is -0.940. The summed E-state index contributed by atoms with van der Waals surface area (Å²) in [5.74, 6) is -0.466. The number of benzene rings is 1. The summed E-state index contributed by atoms with van der Waals surface area (Å²) < 4.78 is 1.69. The molecular formula is C14H14N2O3. The van der Waals surface area contributed by atoms with Crippen LogP contribution in [0.25, 0.3) is 5.69 Å². The zero-order valence-corrected chi connectivity index (χ0v) is 10.5. The molecule has 0 unspecified atom stereocenters. The number of phenols is 1. The van der Waals surface area contributed by atoms with Crippen molar-refractivity contribution in [3.8, 4) is 11.4 Å². The SMILES string of the molecule is Cc1cc(O)ccc1-n1ncc(C(=O)O)c1C1CC1. The number of rotatable bonds is 3. The second kappa shape index (κ2) is 4.12. The summed E-state index contributed by atoms with van der Waals surface area (Å²) in [7, 11) is 0. The first-order chi connectivity index (χ1) is 9.08. The summed E-state index contributed by atoms with van der Waals surface area (Å²) in [4.78, 5) is 11.2. The number of aromatic hydroxyl groups is 1. The van der Waals surface area contributed by atoms with E-state index in [0.717, 1.165) is 29.8 Å². The third-order valence-corrected chi connectivity index (χ3v) is 3.41. The first-order valence-electron chi connectivity index (χ1n) is 6.19. The summed E-state index contributed by atoms with van der Waals surface area (Å²) in [6.45, 7) is 1.87. The maximum absolute atomic E-state index is 11.2. The second-order valence-electron chi connectivity index (χ2n) is 4.91. The number of aryl methyl sites for hydroxylation is 1. The third-order valence-electron chi connectivity index (χ3n) is 3.41. The summed E-state index contributed by atoms with van der Waals surface area (Å²) >= 11 is 0. The van der Waals surface area contributed by atoms with E-state index in [4.69, 9.17) is 0 Å². The average Bonchev–Trinajstić information content (AvgIpc) is 3.08. The second-order valence-corrected chi connectivity index (χ2v) is 4.91. The predicted octanol–water partition coefficient (Wildman–Crippen LogP) is 2.46. The molecule has 1 aromatic heterocycles. The topological polar surface area (TPSA) is 75.3 Å². The van der Waals surface area contributed by atoms with E-state index in [2.05, 4.69) is 5.10 Å². The van der Waals surface area contributed by atoms with E-state index in [-0.39, 0.29) is 17.2 Å². The number of carboxylic acid groups (broad SMARTS) is 1. The largest absolute Gasteiger partial charge is 0.508 e. The van der Waals surface area contributed by atoms with Gasteiger partial charge in [0.15, 0.2) is 0 Å². The summed E-state index contributed by atoms with van der Waals surface area (Å²) in [5.41, 5.74) is 2.71. The van der Waals surface area contributed by atoms with Gasteiger partial charge in [0.2, 0.25) is 0 Å². The molecule has 98 valence electrons. The van der Waals surface area contributed by atoms with Gasteiger partial charge in [0.1, 0.15) is 11.3 Å². The lowest BCUT2D eigenvalue weighted by molar-refractivity contribution is 0.0695. The fourth-order valence-electron chi connectivity index (χ4n) is 2.34. The van der Waals surface area contributed by atoms with Gasteiger partial charge in [-0.1, -0.05) is 0 Å². The number of carbonyl (C=O) groups is 1. The monoisotopic (exact) mass is 258 g/mol. The molecule has 1 fully saturated rings. The molecule has 1 aliphatic rings. The lowest BCUT2D eigenvalue weighted by Gasteiger charge is -2.10. The molecule has 5 heteroatoms. The molecule has 0 spiro atoms. The van der Waals surface area contributed by atoms with E-state index in [1.165, 1.54) is 6.20 Å². The van der Waals surface area contributed by atoms with Crippen molar-refractivity contribution in [2.24, 2.45) is 0 Å². The molecule has 2 N–H and O–H groups in total. The van der Waals surface area contributed by atoms with E-state index >= 15 is 0 Å². The van der Waals surface area contributed by atoms with Crippen LogP contribution in [-0.2, 0) is 0 Å². The smallest absolute Gasteiger partial charge is 0.339 e. The van der Waals surface area contributed by atoms with E-state index < -0.39 is 5.97 Å². The van der Waals surface area contributed by atoms with Gasteiger partial charge in [0.05, 0.1) is 17.6 Å². The van der Waals surface area contributed by atoms with Crippen LogP contribution in [0.1, 0.15) is 40.4 Å². The van der Waals surface area contributed by atoms with E-state index in [1.807, 2.05) is 6.92 Å². The minimum absolute atomic E-state index is 0.194. The predicted molar refractivity (Wildman–Crippen MR) is 68.9 cm³/mol. The Labute approximate surface area is 110 Å². The van der Waals surface area contributed by atoms with Gasteiger partial charge in [-0.15, -0.1) is 0 Å². The molecule has 0 atom stereocenters. The van der Waals surface area contributed by atoms with Crippen molar-refractivity contribution in [3.63, 3.8) is 0 Å². The van der Waals surface area contributed by atoms with Gasteiger partial charge in [0.25, 0.3) is 0 Å². The molecule has 5 nitrogen and oxygen atoms in total. The summed E-state index contributed by atoms with van der Waals surface area (Å²) in [6.07, 6.45) is 3.41. The number of nitrogens with zero attached hydrogens (tertiary/aromatic N) is 2. The van der Waals surface area contributed by atoms with Gasteiger partial charge < -0.3 is 10.2 Å². The first-order valence-corrected chi connectivity index (χ1v) is 6.19. The van der Waals surface area contributed by atoms with Crippen LogP contribution in [0.2, 0.25) is 0 Å². The Hall–Kier alpha value is -2.30. The van der Waals surface area contributed by atoms with Gasteiger partial charge in [-0.3, -0.25) is 0 Å². The highest BCUT2D eigenvalue weighted by Crippen LogP contribution is 2.42. The van der Waals surface area contributed by atoms with Crippen molar-refractivity contribution in [2.75, 3.05) is 0 Å². The van der Waals surface area contributed by atoms with Crippen molar-refractivity contribution >= 4 is 5.97 Å². The van der Waals surface area contributed by atoms with Gasteiger partial charge >= 0.3 is 5.97 Å². The lowest BCUT2D eigenvalue weighted by Crippen LogP contribution is -2.06. The number of phenolic OH excluding ortho intramolecular Hbond substituents is 1. The van der Waals surface area contributed by atoms with Crippen molar-refractivity contribution in [1.29, 1.82) is 0 Å². The Kier molecular flexibility index (Phi) is 2.55. The number of aromatic carboxylic acids is 1. The Bertz CT molecular complexity index is 657. The highest BCUT2D eigenvalue weighted by molar-refractivity contribution is 5.89. The molecule has 0 amide bonds. The van der Waals surface area contributed by atoms with Gasteiger partial charge in [-0.2, -0.15) is 5.10 Å². The molecule has 19 heavy (non-hydrogen) atoms. The van der Waals surface area contributed by atoms with Crippen molar-refractivity contribution in [2.45, 2.75) is 25.7 Å². The molecule has 3 rings (SSSR count). The highest BCUT2D eigenvalue weighted by atomic mass is 16.4. The Morgan fingerprint density at radius 1 is 1.42 bits per heavy atom. The van der Waals surface area contributed by atoms with Crippen LogP contribution in [0.5, 0.6) is 5.75 Å². The zero-order valence-electron chi connectivity index (χ0n) is 10.5. The number of carboxylic acids is 1. The minimum Gasteiger partial charge on any atom is -0.508 e. The number of aromatic nitrogens is 2. The van der Waals surface area contributed by atoms with Gasteiger partial charge in [0, 0.05) is 5.92 Å². The lowest BCUT2D eigenvalue weighted by atomic mass is 10.1. The fourth-order valence-corrected chi connectivity index (χ4v) is 2.34. The molecule has 0 radical (unpaired) electrons. The number of hydrogen-bond acceptors (Lipinski definition) is 3. The van der Waals surface area contributed by atoms with Gasteiger partial charge in [-0.25, -0.2) is 9.48 Å². The Morgan fingerprint density at radius 3 is 2.74 bits per heavy atom. The van der Waals surface area contributed by atoms with Crippen LogP contribution >= 0.6 is 0 Å². The Morgan fingerprint density at radius 2 is 2.16 bits per heavy atom. The van der Waals surface area contributed by atoms with Crippen molar-refractivity contribution in [3.05, 3.63) is 41.2 Å². The van der Waals surface area contributed by atoms with Crippen LogP contribution in [0.4, 0.5) is 0 Å². The van der Waals surface area contributed by atoms with E-state index in [9.17, 15) is 15.0 Å². The normalized spacial score (nSPS) is 14.6. The number of hydrogen-bond donors (Lipinski definition) is 2. The molecule has 2 aromatic rings. The van der Waals surface area contributed by atoms with Crippen LogP contribution in [0.15, 0.2) is 24.4 Å². The molecule has 1 heterocycles. The highest BCUT2D eigenvalue weighted by Gasteiger charge is 2.33. The molecule has 1 saturated carbocycles. The maximum Gasteiger partial charge on any atom is 0.339 e. The summed E-state index contributed by atoms with van der Waals surface area (Å²) in [5, 5.41) is 22.9. The summed E-state index contributed by atoms with van der Waals surface area (Å²) in [6, 6.07) is 4.99. The first kappa shape index (κ1) is 11.8. The molecule has 0 saturated heterocycles. The maximum atomic E-state index is 11.2. The fraction of sp³-hybridized carbons (Fsp3) is 0.286. The van der Waals surface area contributed by atoms with Crippen molar-refractivity contribution < 1.29 is 15.0 Å².